The first-order valence-corrected chi connectivity index (χ1v) is 8.51. The van der Waals surface area contributed by atoms with E-state index in [4.69, 9.17) is 14.2 Å². The summed E-state index contributed by atoms with van der Waals surface area (Å²) in [6.07, 6.45) is 2.75. The molecule has 1 N–H and O–H groups in total. The van der Waals surface area contributed by atoms with E-state index in [9.17, 15) is 8.42 Å². The van der Waals surface area contributed by atoms with Gasteiger partial charge in [0.2, 0.25) is 0 Å². The first-order valence-electron chi connectivity index (χ1n) is 7.03. The molecule has 124 valence electrons. The minimum Gasteiger partial charge on any atom is -0.486 e. The number of benzene rings is 1. The highest BCUT2D eigenvalue weighted by atomic mass is 32.2. The largest absolute Gasteiger partial charge is 0.486 e. The van der Waals surface area contributed by atoms with E-state index >= 15 is 0 Å². The van der Waals surface area contributed by atoms with Gasteiger partial charge in [-0.05, 0) is 12.1 Å². The van der Waals surface area contributed by atoms with E-state index in [2.05, 4.69) is 9.82 Å². The maximum absolute atomic E-state index is 12.5. The van der Waals surface area contributed by atoms with Gasteiger partial charge in [0.15, 0.2) is 11.5 Å². The van der Waals surface area contributed by atoms with Crippen LogP contribution in [0, 0.1) is 0 Å². The summed E-state index contributed by atoms with van der Waals surface area (Å²) in [5.41, 5.74) is 0.340. The number of ether oxygens (including phenoxy) is 3. The maximum Gasteiger partial charge on any atom is 0.265 e. The maximum atomic E-state index is 12.5. The Balaban J connectivity index is 1.83. The van der Waals surface area contributed by atoms with Crippen LogP contribution in [0.4, 0.5) is 5.69 Å². The Morgan fingerprint density at radius 1 is 1.35 bits per heavy atom. The topological polar surface area (TPSA) is 91.7 Å². The fourth-order valence-corrected chi connectivity index (χ4v) is 3.16. The summed E-state index contributed by atoms with van der Waals surface area (Å²) in [7, 11) is -2.19. The highest BCUT2D eigenvalue weighted by molar-refractivity contribution is 7.92. The van der Waals surface area contributed by atoms with Crippen LogP contribution in [0.1, 0.15) is 0 Å². The number of aromatic nitrogens is 2. The van der Waals surface area contributed by atoms with Crippen molar-refractivity contribution in [2.24, 2.45) is 0 Å². The number of para-hydroxylation sites is 1. The normalized spacial score (nSPS) is 13.8. The van der Waals surface area contributed by atoms with Crippen molar-refractivity contribution in [2.45, 2.75) is 11.4 Å². The lowest BCUT2D eigenvalue weighted by molar-refractivity contribution is 0.172. The van der Waals surface area contributed by atoms with Crippen molar-refractivity contribution in [3.05, 3.63) is 30.6 Å². The molecule has 2 aromatic rings. The number of hydrogen-bond donors (Lipinski definition) is 1. The lowest BCUT2D eigenvalue weighted by Gasteiger charge is -2.21. The highest BCUT2D eigenvalue weighted by Crippen LogP contribution is 2.38. The summed E-state index contributed by atoms with van der Waals surface area (Å²) < 4.78 is 44.9. The molecule has 0 fully saturated rings. The van der Waals surface area contributed by atoms with E-state index in [0.717, 1.165) is 0 Å². The van der Waals surface area contributed by atoms with Crippen LogP contribution in [-0.2, 0) is 21.3 Å². The molecule has 9 heteroatoms. The summed E-state index contributed by atoms with van der Waals surface area (Å²) in [6.45, 7) is 1.74. The fraction of sp³-hybridized carbons (Fsp3) is 0.357. The van der Waals surface area contributed by atoms with E-state index < -0.39 is 10.0 Å². The van der Waals surface area contributed by atoms with E-state index in [1.54, 1.807) is 25.3 Å². The quantitative estimate of drug-likeness (QED) is 0.847. The number of fused-ring (bicyclic) bond motifs is 1. The third kappa shape index (κ3) is 3.40. The number of anilines is 1. The van der Waals surface area contributed by atoms with E-state index in [0.29, 0.717) is 43.6 Å². The number of nitrogens with one attached hydrogen (secondary N) is 1. The van der Waals surface area contributed by atoms with Gasteiger partial charge >= 0.3 is 0 Å². The van der Waals surface area contributed by atoms with Crippen LogP contribution in [0.5, 0.6) is 11.5 Å². The molecule has 1 aromatic heterocycles. The molecule has 0 saturated heterocycles. The van der Waals surface area contributed by atoms with Gasteiger partial charge in [-0.3, -0.25) is 9.40 Å². The molecule has 1 aliphatic heterocycles. The monoisotopic (exact) mass is 339 g/mol. The zero-order chi connectivity index (χ0) is 16.3. The minimum absolute atomic E-state index is 0.0722. The molecular weight excluding hydrogens is 322 g/mol. The average Bonchev–Trinajstić information content (AvgIpc) is 3.03. The van der Waals surface area contributed by atoms with Crippen LogP contribution in [0.25, 0.3) is 0 Å². The molecule has 0 radical (unpaired) electrons. The van der Waals surface area contributed by atoms with Crippen molar-refractivity contribution < 1.29 is 22.6 Å². The van der Waals surface area contributed by atoms with Crippen LogP contribution in [-0.4, -0.2) is 45.1 Å². The lowest BCUT2D eigenvalue weighted by Crippen LogP contribution is -2.18. The molecule has 3 rings (SSSR count). The molecule has 0 unspecified atom stereocenters. The molecule has 1 aliphatic rings. The van der Waals surface area contributed by atoms with Crippen LogP contribution >= 0.6 is 0 Å². The molecule has 0 spiro atoms. The number of nitrogens with zero attached hydrogens (tertiary/aromatic N) is 2. The first-order chi connectivity index (χ1) is 11.1. The zero-order valence-electron chi connectivity index (χ0n) is 12.6. The highest BCUT2D eigenvalue weighted by Gasteiger charge is 2.22. The molecule has 0 bridgehead atoms. The van der Waals surface area contributed by atoms with Crippen molar-refractivity contribution in [1.82, 2.24) is 9.78 Å². The molecule has 2 heterocycles. The van der Waals surface area contributed by atoms with Crippen molar-refractivity contribution in [3.63, 3.8) is 0 Å². The summed E-state index contributed by atoms with van der Waals surface area (Å²) in [4.78, 5) is 0.0722. The second-order valence-electron chi connectivity index (χ2n) is 4.87. The minimum atomic E-state index is -3.76. The molecule has 0 saturated carbocycles. The average molecular weight is 339 g/mol. The van der Waals surface area contributed by atoms with E-state index in [-0.39, 0.29) is 4.90 Å². The molecule has 23 heavy (non-hydrogen) atoms. The van der Waals surface area contributed by atoms with Crippen molar-refractivity contribution >= 4 is 15.7 Å². The van der Waals surface area contributed by atoms with Crippen LogP contribution in [0.2, 0.25) is 0 Å². The van der Waals surface area contributed by atoms with Crippen LogP contribution < -0.4 is 14.2 Å². The number of methoxy groups -OCH3 is 1. The molecular formula is C14H17N3O5S. The van der Waals surface area contributed by atoms with Gasteiger partial charge in [0.1, 0.15) is 18.1 Å². The number of hydrogen-bond acceptors (Lipinski definition) is 6. The molecule has 8 nitrogen and oxygen atoms in total. The summed E-state index contributed by atoms with van der Waals surface area (Å²) in [5, 5.41) is 4.01. The van der Waals surface area contributed by atoms with Crippen LogP contribution in [0.3, 0.4) is 0 Å². The summed E-state index contributed by atoms with van der Waals surface area (Å²) >= 11 is 0. The van der Waals surface area contributed by atoms with Gasteiger partial charge in [-0.1, -0.05) is 6.07 Å². The molecule has 0 aliphatic carbocycles. The second-order valence-corrected chi connectivity index (χ2v) is 6.55. The van der Waals surface area contributed by atoms with Crippen molar-refractivity contribution in [2.75, 3.05) is 31.7 Å². The Bertz CT molecular complexity index is 787. The smallest absolute Gasteiger partial charge is 0.265 e. The van der Waals surface area contributed by atoms with E-state index in [1.165, 1.54) is 17.1 Å². The van der Waals surface area contributed by atoms with Gasteiger partial charge in [-0.25, -0.2) is 8.42 Å². The Morgan fingerprint density at radius 3 is 3.00 bits per heavy atom. The molecule has 1 aromatic carbocycles. The number of sulfonamides is 1. The third-order valence-electron chi connectivity index (χ3n) is 3.25. The SMILES string of the molecule is COCCn1cc(S(=O)(=O)Nc2cccc3c2OCCO3)cn1. The lowest BCUT2D eigenvalue weighted by atomic mass is 10.2. The fourth-order valence-electron chi connectivity index (χ4n) is 2.15. The van der Waals surface area contributed by atoms with Gasteiger partial charge in [-0.2, -0.15) is 5.10 Å². The third-order valence-corrected chi connectivity index (χ3v) is 4.57. The van der Waals surface area contributed by atoms with Gasteiger partial charge in [-0.15, -0.1) is 0 Å². The zero-order valence-corrected chi connectivity index (χ0v) is 13.4. The Kier molecular flexibility index (Phi) is 4.39. The standard InChI is InChI=1S/C14H17N3O5S/c1-20-6-5-17-10-11(9-15-17)23(18,19)16-12-3-2-4-13-14(12)22-8-7-21-13/h2-4,9-10,16H,5-8H2,1H3. The predicted octanol–water partition coefficient (Wildman–Crippen LogP) is 1.10. The molecule has 0 atom stereocenters. The van der Waals surface area contributed by atoms with Crippen molar-refractivity contribution in [3.8, 4) is 11.5 Å². The second kappa shape index (κ2) is 6.47. The van der Waals surface area contributed by atoms with E-state index in [1.807, 2.05) is 0 Å². The Labute approximate surface area is 134 Å². The Hall–Kier alpha value is -2.26. The summed E-state index contributed by atoms with van der Waals surface area (Å²) in [5.74, 6) is 0.918. The van der Waals surface area contributed by atoms with Gasteiger partial charge in [0, 0.05) is 13.3 Å². The molecule has 0 amide bonds. The van der Waals surface area contributed by atoms with Gasteiger partial charge < -0.3 is 14.2 Å². The number of rotatable bonds is 6. The first kappa shape index (κ1) is 15.6. The van der Waals surface area contributed by atoms with Gasteiger partial charge in [0.25, 0.3) is 10.0 Å². The predicted molar refractivity (Wildman–Crippen MR) is 82.3 cm³/mol. The van der Waals surface area contributed by atoms with Crippen molar-refractivity contribution in [1.29, 1.82) is 0 Å². The van der Waals surface area contributed by atoms with Crippen LogP contribution in [0.15, 0.2) is 35.5 Å². The Morgan fingerprint density at radius 2 is 2.17 bits per heavy atom. The summed E-state index contributed by atoms with van der Waals surface area (Å²) in [6, 6.07) is 5.06. The van der Waals surface area contributed by atoms with Gasteiger partial charge in [0.05, 0.1) is 25.0 Å².